The molecule has 0 spiro atoms. The van der Waals surface area contributed by atoms with Crippen LogP contribution in [0.3, 0.4) is 0 Å². The van der Waals surface area contributed by atoms with Crippen LogP contribution in [0.25, 0.3) is 25.8 Å². The Kier molecular flexibility index (Phi) is 1.76. The van der Waals surface area contributed by atoms with E-state index in [0.717, 1.165) is 0 Å². The van der Waals surface area contributed by atoms with Gasteiger partial charge in [-0.3, -0.25) is 0 Å². The van der Waals surface area contributed by atoms with Crippen molar-refractivity contribution >= 4 is 37.2 Å². The van der Waals surface area contributed by atoms with Crippen molar-refractivity contribution < 1.29 is 4.40 Å². The van der Waals surface area contributed by atoms with Crippen molar-refractivity contribution in [3.63, 3.8) is 0 Å². The molecule has 2 aromatic heterocycles. The van der Waals surface area contributed by atoms with E-state index in [1.54, 1.807) is 0 Å². The molecule has 0 saturated heterocycles. The summed E-state index contributed by atoms with van der Waals surface area (Å²) in [7, 11) is 0. The molecule has 0 amide bonds. The van der Waals surface area contributed by atoms with Crippen molar-refractivity contribution in [1.29, 1.82) is 0 Å². The summed E-state index contributed by atoms with van der Waals surface area (Å²) < 4.78 is 3.62. The molecule has 0 saturated carbocycles. The number of benzene rings is 2. The summed E-state index contributed by atoms with van der Waals surface area (Å²) in [5, 5.41) is 2.63. The average molecular weight is 236 g/mol. The van der Waals surface area contributed by atoms with Gasteiger partial charge in [0.2, 0.25) is 5.52 Å². The first kappa shape index (κ1) is 9.14. The second-order valence-corrected chi connectivity index (χ2v) is 5.21. The molecule has 0 radical (unpaired) electrons. The molecule has 80 valence electrons. The standard InChI is InChI=1S/C15H10NS/c1-2-6-12-11(5-1)8-9-13-15(12)16-10-4-3-7-14(16)17-13/h1-10H/q+1. The summed E-state index contributed by atoms with van der Waals surface area (Å²) in [6, 6.07) is 19.3. The molecule has 0 aliphatic rings. The quantitative estimate of drug-likeness (QED) is 0.409. The van der Waals surface area contributed by atoms with E-state index in [4.69, 9.17) is 0 Å². The highest BCUT2D eigenvalue weighted by molar-refractivity contribution is 7.23. The Morgan fingerprint density at radius 2 is 1.71 bits per heavy atom. The van der Waals surface area contributed by atoms with Gasteiger partial charge in [0.1, 0.15) is 4.70 Å². The van der Waals surface area contributed by atoms with Gasteiger partial charge in [-0.15, -0.1) is 4.40 Å². The largest absolute Gasteiger partial charge is 0.268 e. The van der Waals surface area contributed by atoms with Crippen LogP contribution < -0.4 is 4.40 Å². The lowest BCUT2D eigenvalue weighted by Crippen LogP contribution is -2.17. The van der Waals surface area contributed by atoms with Crippen LogP contribution >= 0.6 is 11.3 Å². The minimum atomic E-state index is 1.29. The molecule has 4 aromatic rings. The lowest BCUT2D eigenvalue weighted by molar-refractivity contribution is -0.476. The molecule has 4 rings (SSSR count). The number of rotatable bonds is 0. The molecule has 17 heavy (non-hydrogen) atoms. The number of thiazole rings is 1. The number of nitrogens with zero attached hydrogens (tertiary/aromatic N) is 1. The average Bonchev–Trinajstić information content (AvgIpc) is 2.77. The van der Waals surface area contributed by atoms with E-state index in [-0.39, 0.29) is 0 Å². The van der Waals surface area contributed by atoms with Crippen LogP contribution in [0.4, 0.5) is 0 Å². The van der Waals surface area contributed by atoms with Gasteiger partial charge in [0, 0.05) is 12.1 Å². The Morgan fingerprint density at radius 1 is 0.824 bits per heavy atom. The predicted octanol–water partition coefficient (Wildman–Crippen LogP) is 3.79. The second kappa shape index (κ2) is 3.28. The zero-order chi connectivity index (χ0) is 11.2. The van der Waals surface area contributed by atoms with Gasteiger partial charge in [-0.1, -0.05) is 35.6 Å². The number of pyridine rings is 1. The molecule has 0 N–H and O–H groups in total. The van der Waals surface area contributed by atoms with Crippen LogP contribution in [0.1, 0.15) is 0 Å². The maximum Gasteiger partial charge on any atom is 0.268 e. The highest BCUT2D eigenvalue weighted by Crippen LogP contribution is 2.28. The molecule has 0 atom stereocenters. The summed E-state index contributed by atoms with van der Waals surface area (Å²) in [6.45, 7) is 0. The van der Waals surface area contributed by atoms with Crippen molar-refractivity contribution in [3.05, 3.63) is 60.8 Å². The first-order valence-electron chi connectivity index (χ1n) is 5.64. The Bertz CT molecular complexity index is 839. The van der Waals surface area contributed by atoms with Gasteiger partial charge in [0.15, 0.2) is 6.20 Å². The SMILES string of the molecule is c1ccc2c(c1)ccc1sc3cccc[n+]3c12. The molecule has 2 heteroatoms. The maximum absolute atomic E-state index is 2.28. The van der Waals surface area contributed by atoms with Gasteiger partial charge in [0.05, 0.1) is 5.39 Å². The van der Waals surface area contributed by atoms with Gasteiger partial charge >= 0.3 is 0 Å². The predicted molar refractivity (Wildman–Crippen MR) is 72.5 cm³/mol. The summed E-state index contributed by atoms with van der Waals surface area (Å²) in [4.78, 5) is 1.29. The lowest BCUT2D eigenvalue weighted by atomic mass is 10.1. The van der Waals surface area contributed by atoms with E-state index in [0.29, 0.717) is 0 Å². The molecule has 0 aliphatic carbocycles. The third-order valence-corrected chi connectivity index (χ3v) is 4.23. The minimum Gasteiger partial charge on any atom is -0.150 e. The summed E-state index contributed by atoms with van der Waals surface area (Å²) in [5.41, 5.74) is 1.32. The Labute approximate surface area is 103 Å². The van der Waals surface area contributed by atoms with Crippen molar-refractivity contribution in [2.24, 2.45) is 0 Å². The molecule has 1 nitrogen and oxygen atoms in total. The monoisotopic (exact) mass is 236 g/mol. The summed E-state index contributed by atoms with van der Waals surface area (Å²) >= 11 is 1.84. The fourth-order valence-corrected chi connectivity index (χ4v) is 3.44. The Balaban J connectivity index is 2.38. The van der Waals surface area contributed by atoms with E-state index in [1.807, 2.05) is 11.3 Å². The van der Waals surface area contributed by atoms with E-state index in [9.17, 15) is 0 Å². The highest BCUT2D eigenvalue weighted by Gasteiger charge is 2.15. The van der Waals surface area contributed by atoms with Gasteiger partial charge in [0.25, 0.3) is 4.83 Å². The minimum absolute atomic E-state index is 1.29. The number of hydrogen-bond donors (Lipinski definition) is 0. The van der Waals surface area contributed by atoms with Gasteiger partial charge in [-0.05, 0) is 23.6 Å². The summed E-state index contributed by atoms with van der Waals surface area (Å²) in [5.74, 6) is 0. The van der Waals surface area contributed by atoms with Gasteiger partial charge in [-0.2, -0.15) is 0 Å². The highest BCUT2D eigenvalue weighted by atomic mass is 32.1. The van der Waals surface area contributed by atoms with Crippen LogP contribution in [0.15, 0.2) is 60.8 Å². The second-order valence-electron chi connectivity index (χ2n) is 4.14. The molecule has 0 aliphatic heterocycles. The maximum atomic E-state index is 2.28. The normalized spacial score (nSPS) is 11.5. The first-order chi connectivity index (χ1) is 8.43. The number of hydrogen-bond acceptors (Lipinski definition) is 1. The smallest absolute Gasteiger partial charge is 0.150 e. The molecule has 2 aromatic carbocycles. The topological polar surface area (TPSA) is 4.10 Å². The van der Waals surface area contributed by atoms with Gasteiger partial charge < -0.3 is 0 Å². The fourth-order valence-electron chi connectivity index (χ4n) is 2.37. The van der Waals surface area contributed by atoms with E-state index < -0.39 is 0 Å². The van der Waals surface area contributed by atoms with Crippen LogP contribution in [-0.2, 0) is 0 Å². The van der Waals surface area contributed by atoms with Crippen molar-refractivity contribution in [2.45, 2.75) is 0 Å². The van der Waals surface area contributed by atoms with Crippen LogP contribution in [-0.4, -0.2) is 0 Å². The van der Waals surface area contributed by atoms with Crippen molar-refractivity contribution in [2.75, 3.05) is 0 Å². The molecular weight excluding hydrogens is 226 g/mol. The number of aromatic nitrogens is 1. The van der Waals surface area contributed by atoms with E-state index >= 15 is 0 Å². The van der Waals surface area contributed by atoms with E-state index in [1.165, 1.54) is 25.8 Å². The molecule has 0 fully saturated rings. The molecule has 2 heterocycles. The third-order valence-electron chi connectivity index (χ3n) is 3.14. The Hall–Kier alpha value is -1.93. The van der Waals surface area contributed by atoms with Crippen LogP contribution in [0, 0.1) is 0 Å². The number of fused-ring (bicyclic) bond motifs is 5. The molecule has 0 bridgehead atoms. The molecule has 0 unspecified atom stereocenters. The van der Waals surface area contributed by atoms with Gasteiger partial charge in [-0.25, -0.2) is 0 Å². The third kappa shape index (κ3) is 1.22. The zero-order valence-corrected chi connectivity index (χ0v) is 9.95. The van der Waals surface area contributed by atoms with Crippen molar-refractivity contribution in [1.82, 2.24) is 0 Å². The van der Waals surface area contributed by atoms with Crippen LogP contribution in [0.2, 0.25) is 0 Å². The molecular formula is C15H10NS+. The van der Waals surface area contributed by atoms with Crippen molar-refractivity contribution in [3.8, 4) is 0 Å². The van der Waals surface area contributed by atoms with Crippen LogP contribution in [0.5, 0.6) is 0 Å². The Morgan fingerprint density at radius 3 is 2.71 bits per heavy atom. The zero-order valence-electron chi connectivity index (χ0n) is 9.13. The fraction of sp³-hybridized carbons (Fsp3) is 0. The van der Waals surface area contributed by atoms with E-state index in [2.05, 4.69) is 65.2 Å². The summed E-state index contributed by atoms with van der Waals surface area (Å²) in [6.07, 6.45) is 2.14. The lowest BCUT2D eigenvalue weighted by Gasteiger charge is -1.94. The first-order valence-corrected chi connectivity index (χ1v) is 6.46.